The molecule has 0 unspecified atom stereocenters. The van der Waals surface area contributed by atoms with Gasteiger partial charge in [0.1, 0.15) is 18.2 Å². The Morgan fingerprint density at radius 2 is 2.03 bits per heavy atom. The van der Waals surface area contributed by atoms with Gasteiger partial charge in [0.15, 0.2) is 5.82 Å². The molecule has 4 heterocycles. The molecule has 4 aromatic rings. The molecule has 2 saturated heterocycles. The van der Waals surface area contributed by atoms with E-state index in [0.29, 0.717) is 43.3 Å². The number of nitrogens with zero attached hydrogens (tertiary/aromatic N) is 6. The number of likely N-dealkylation sites (tertiary alicyclic amines) is 1. The van der Waals surface area contributed by atoms with Gasteiger partial charge in [-0.05, 0) is 36.6 Å². The fourth-order valence-electron chi connectivity index (χ4n) is 5.59. The van der Waals surface area contributed by atoms with Crippen molar-refractivity contribution < 1.29 is 9.53 Å². The van der Waals surface area contributed by atoms with E-state index in [1.54, 1.807) is 6.20 Å². The van der Waals surface area contributed by atoms with E-state index < -0.39 is 0 Å². The topological polar surface area (TPSA) is 111 Å². The lowest BCUT2D eigenvalue weighted by Crippen LogP contribution is -2.59. The van der Waals surface area contributed by atoms with Crippen molar-refractivity contribution in [3.63, 3.8) is 0 Å². The third kappa shape index (κ3) is 4.04. The van der Waals surface area contributed by atoms with Crippen LogP contribution in [0.3, 0.4) is 0 Å². The normalized spacial score (nSPS) is 15.9. The number of H-pyrrole nitrogens is 1. The first-order chi connectivity index (χ1) is 18.5. The minimum absolute atomic E-state index is 0.0118. The first-order valence-corrected chi connectivity index (χ1v) is 12.6. The molecule has 2 aliphatic rings. The molecule has 2 aromatic heterocycles. The SMILES string of the molecule is C=CC(=O)N1CC2(CCN(c3nc(OCc4ccccc4)nc(-c4c(C)ccc5[nH]ncc45)c3C#N)C2)C1. The Bertz CT molecular complexity index is 1580. The van der Waals surface area contributed by atoms with Crippen LogP contribution in [-0.2, 0) is 11.4 Å². The molecule has 190 valence electrons. The summed E-state index contributed by atoms with van der Waals surface area (Å²) in [6, 6.07) is 16.4. The van der Waals surface area contributed by atoms with Crippen molar-refractivity contribution in [2.24, 2.45) is 5.41 Å². The van der Waals surface area contributed by atoms with E-state index in [9.17, 15) is 10.1 Å². The number of hydrogen-bond donors (Lipinski definition) is 1. The van der Waals surface area contributed by atoms with Gasteiger partial charge in [-0.15, -0.1) is 0 Å². The monoisotopic (exact) mass is 505 g/mol. The van der Waals surface area contributed by atoms with Crippen LogP contribution in [0.1, 0.15) is 23.1 Å². The number of carbonyl (C=O) groups excluding carboxylic acids is 1. The maximum atomic E-state index is 12.0. The highest BCUT2D eigenvalue weighted by molar-refractivity contribution is 5.97. The Morgan fingerprint density at radius 1 is 1.21 bits per heavy atom. The molecule has 6 rings (SSSR count). The second kappa shape index (κ2) is 9.30. The molecule has 9 nitrogen and oxygen atoms in total. The molecule has 0 saturated carbocycles. The van der Waals surface area contributed by atoms with Crippen LogP contribution in [0.25, 0.3) is 22.2 Å². The van der Waals surface area contributed by atoms with Crippen molar-refractivity contribution in [3.05, 3.63) is 78.0 Å². The van der Waals surface area contributed by atoms with Gasteiger partial charge in [0.2, 0.25) is 5.91 Å². The number of nitriles is 1. The van der Waals surface area contributed by atoms with Crippen molar-refractivity contribution >= 4 is 22.6 Å². The van der Waals surface area contributed by atoms with E-state index in [2.05, 4.69) is 27.7 Å². The van der Waals surface area contributed by atoms with Crippen LogP contribution in [0.4, 0.5) is 5.82 Å². The van der Waals surface area contributed by atoms with Gasteiger partial charge in [0.05, 0.1) is 17.4 Å². The highest BCUT2D eigenvalue weighted by Gasteiger charge is 2.49. The van der Waals surface area contributed by atoms with Gasteiger partial charge in [-0.25, -0.2) is 0 Å². The van der Waals surface area contributed by atoms with Gasteiger partial charge in [-0.2, -0.15) is 20.3 Å². The zero-order chi connectivity index (χ0) is 26.3. The number of rotatable bonds is 6. The van der Waals surface area contributed by atoms with E-state index in [1.807, 2.05) is 54.3 Å². The number of benzene rings is 2. The minimum Gasteiger partial charge on any atom is -0.459 e. The molecule has 2 fully saturated rings. The second-order valence-electron chi connectivity index (χ2n) is 10.1. The molecule has 0 atom stereocenters. The Balaban J connectivity index is 1.41. The summed E-state index contributed by atoms with van der Waals surface area (Å²) in [6.45, 7) is 8.70. The number of nitrogens with one attached hydrogen (secondary N) is 1. The first-order valence-electron chi connectivity index (χ1n) is 12.6. The summed E-state index contributed by atoms with van der Waals surface area (Å²) >= 11 is 0. The smallest absolute Gasteiger partial charge is 0.319 e. The van der Waals surface area contributed by atoms with Gasteiger partial charge in [-0.1, -0.05) is 43.0 Å². The molecule has 0 aliphatic carbocycles. The molecule has 0 bridgehead atoms. The second-order valence-corrected chi connectivity index (χ2v) is 10.1. The number of ether oxygens (including phenoxy) is 1. The lowest BCUT2D eigenvalue weighted by atomic mass is 9.79. The summed E-state index contributed by atoms with van der Waals surface area (Å²) in [5.74, 6) is 0.516. The molecule has 2 aliphatic heterocycles. The van der Waals surface area contributed by atoms with Gasteiger partial charge >= 0.3 is 6.01 Å². The van der Waals surface area contributed by atoms with Crippen molar-refractivity contribution in [1.29, 1.82) is 5.26 Å². The highest BCUT2D eigenvalue weighted by Crippen LogP contribution is 2.43. The van der Waals surface area contributed by atoms with Crippen LogP contribution in [0.2, 0.25) is 0 Å². The summed E-state index contributed by atoms with van der Waals surface area (Å²) in [5.41, 5.74) is 4.60. The highest BCUT2D eigenvalue weighted by atomic mass is 16.5. The maximum absolute atomic E-state index is 12.0. The van der Waals surface area contributed by atoms with Crippen molar-refractivity contribution in [2.75, 3.05) is 31.1 Å². The first kappa shape index (κ1) is 23.7. The Kier molecular flexibility index (Phi) is 5.80. The zero-order valence-electron chi connectivity index (χ0n) is 21.1. The van der Waals surface area contributed by atoms with E-state index in [1.165, 1.54) is 6.08 Å². The van der Waals surface area contributed by atoms with Gasteiger partial charge < -0.3 is 14.5 Å². The van der Waals surface area contributed by atoms with Crippen LogP contribution in [0.15, 0.2) is 61.3 Å². The number of carbonyl (C=O) groups is 1. The molecule has 0 radical (unpaired) electrons. The summed E-state index contributed by atoms with van der Waals surface area (Å²) in [4.78, 5) is 25.5. The molecular weight excluding hydrogens is 478 g/mol. The quantitative estimate of drug-likeness (QED) is 0.394. The van der Waals surface area contributed by atoms with Gasteiger partial charge in [0.25, 0.3) is 0 Å². The molecule has 9 heteroatoms. The summed E-state index contributed by atoms with van der Waals surface area (Å²) < 4.78 is 6.10. The van der Waals surface area contributed by atoms with Crippen molar-refractivity contribution in [1.82, 2.24) is 25.1 Å². The van der Waals surface area contributed by atoms with Crippen molar-refractivity contribution in [3.8, 4) is 23.3 Å². The van der Waals surface area contributed by atoms with E-state index in [-0.39, 0.29) is 17.3 Å². The molecule has 1 amide bonds. The van der Waals surface area contributed by atoms with Crippen LogP contribution < -0.4 is 9.64 Å². The molecule has 1 spiro atoms. The average Bonchev–Trinajstić information content (AvgIpc) is 3.58. The Labute approximate surface area is 220 Å². The fourth-order valence-corrected chi connectivity index (χ4v) is 5.59. The Morgan fingerprint density at radius 3 is 2.79 bits per heavy atom. The zero-order valence-corrected chi connectivity index (χ0v) is 21.1. The Hall–Kier alpha value is -4.71. The molecule has 38 heavy (non-hydrogen) atoms. The maximum Gasteiger partial charge on any atom is 0.319 e. The molecule has 1 N–H and O–H groups in total. The number of aromatic amines is 1. The molecule has 2 aromatic carbocycles. The summed E-state index contributed by atoms with van der Waals surface area (Å²) in [7, 11) is 0. The van der Waals surface area contributed by atoms with Crippen LogP contribution >= 0.6 is 0 Å². The number of fused-ring (bicyclic) bond motifs is 1. The fraction of sp³-hybridized carbons (Fsp3) is 0.276. The summed E-state index contributed by atoms with van der Waals surface area (Å²) in [5, 5.41) is 18.5. The predicted molar refractivity (Wildman–Crippen MR) is 143 cm³/mol. The van der Waals surface area contributed by atoms with E-state index in [0.717, 1.165) is 40.6 Å². The van der Waals surface area contributed by atoms with E-state index in [4.69, 9.17) is 14.7 Å². The number of anilines is 1. The number of aromatic nitrogens is 4. The van der Waals surface area contributed by atoms with E-state index >= 15 is 0 Å². The predicted octanol–water partition coefficient (Wildman–Crippen LogP) is 4.00. The van der Waals surface area contributed by atoms with Crippen LogP contribution in [0, 0.1) is 23.7 Å². The van der Waals surface area contributed by atoms with Crippen LogP contribution in [0.5, 0.6) is 6.01 Å². The third-order valence-corrected chi connectivity index (χ3v) is 7.54. The van der Waals surface area contributed by atoms with Gasteiger partial charge in [0, 0.05) is 42.5 Å². The lowest BCUT2D eigenvalue weighted by Gasteiger charge is -2.47. The minimum atomic E-state index is -0.0450. The van der Waals surface area contributed by atoms with Crippen LogP contribution in [-0.4, -0.2) is 57.2 Å². The number of aryl methyl sites for hydroxylation is 1. The van der Waals surface area contributed by atoms with Gasteiger partial charge in [-0.3, -0.25) is 9.89 Å². The lowest BCUT2D eigenvalue weighted by molar-refractivity contribution is -0.136. The number of hydrogen-bond acceptors (Lipinski definition) is 7. The largest absolute Gasteiger partial charge is 0.459 e. The molecular formula is C29H27N7O2. The number of amides is 1. The average molecular weight is 506 g/mol. The van der Waals surface area contributed by atoms with Crippen molar-refractivity contribution in [2.45, 2.75) is 20.0 Å². The standard InChI is InChI=1S/C29H27N7O2/c1-3-24(37)36-17-29(18-36)11-12-35(16-29)27-21(13-30)26(25-19(2)9-10-23-22(25)14-31-34-23)32-28(33-27)38-15-20-7-5-4-6-8-20/h3-10,14H,1,11-12,15-18H2,2H3,(H,31,34). The third-order valence-electron chi connectivity index (χ3n) is 7.54. The summed E-state index contributed by atoms with van der Waals surface area (Å²) in [6.07, 6.45) is 4.03.